The lowest BCUT2D eigenvalue weighted by atomic mass is 10.0. The number of halogens is 2. The van der Waals surface area contributed by atoms with Crippen molar-refractivity contribution in [2.24, 2.45) is 0 Å². The zero-order valence-electron chi connectivity index (χ0n) is 13.3. The number of pyridine rings is 1. The van der Waals surface area contributed by atoms with Gasteiger partial charge in [0.15, 0.2) is 0 Å². The van der Waals surface area contributed by atoms with E-state index in [-0.39, 0.29) is 11.7 Å². The minimum absolute atomic E-state index is 0.122. The van der Waals surface area contributed by atoms with Gasteiger partial charge in [-0.05, 0) is 67.3 Å². The second-order valence-electron chi connectivity index (χ2n) is 5.83. The van der Waals surface area contributed by atoms with Crippen LogP contribution in [0.25, 0.3) is 22.8 Å². The van der Waals surface area contributed by atoms with Crippen LogP contribution in [0.15, 0.2) is 63.7 Å². The molecule has 0 aliphatic carbocycles. The highest BCUT2D eigenvalue weighted by Gasteiger charge is 2.26. The third-order valence-corrected chi connectivity index (χ3v) is 5.32. The van der Waals surface area contributed by atoms with Gasteiger partial charge >= 0.3 is 0 Å². The molecule has 6 heteroatoms. The van der Waals surface area contributed by atoms with Crippen molar-refractivity contribution in [3.63, 3.8) is 0 Å². The highest BCUT2D eigenvalue weighted by molar-refractivity contribution is 9.11. The number of carbonyl (C=O) groups is 1. The number of benzene rings is 2. The summed E-state index contributed by atoms with van der Waals surface area (Å²) in [5, 5.41) is 12.7. The van der Waals surface area contributed by atoms with Crippen LogP contribution in [-0.2, 0) is 4.79 Å². The Labute approximate surface area is 166 Å². The smallest absolute Gasteiger partial charge is 0.257 e. The van der Waals surface area contributed by atoms with Gasteiger partial charge in [0.05, 0.1) is 14.5 Å². The zero-order valence-corrected chi connectivity index (χ0v) is 16.5. The maximum Gasteiger partial charge on any atom is 0.257 e. The first-order valence-corrected chi connectivity index (χ1v) is 9.38. The van der Waals surface area contributed by atoms with Crippen molar-refractivity contribution in [2.75, 3.05) is 5.32 Å². The van der Waals surface area contributed by atoms with E-state index in [2.05, 4.69) is 42.2 Å². The van der Waals surface area contributed by atoms with Crippen molar-refractivity contribution in [3.05, 3.63) is 74.8 Å². The summed E-state index contributed by atoms with van der Waals surface area (Å²) in [6.45, 7) is 0. The minimum atomic E-state index is -0.196. The number of hydrogen-bond donors (Lipinski definition) is 2. The first kappa shape index (κ1) is 17.0. The fraction of sp³-hybridized carbons (Fsp3) is 0. The van der Waals surface area contributed by atoms with E-state index in [4.69, 9.17) is 0 Å². The Kier molecular flexibility index (Phi) is 4.38. The zero-order chi connectivity index (χ0) is 18.3. The Morgan fingerprint density at radius 1 is 1.00 bits per heavy atom. The Hall–Kier alpha value is -2.44. The molecule has 128 valence electrons. The first-order valence-electron chi connectivity index (χ1n) is 7.80. The van der Waals surface area contributed by atoms with Crippen LogP contribution >= 0.6 is 31.9 Å². The summed E-state index contributed by atoms with van der Waals surface area (Å²) in [5.41, 5.74) is 4.06. The average molecular weight is 472 g/mol. The predicted octanol–water partition coefficient (Wildman–Crippen LogP) is 5.47. The summed E-state index contributed by atoms with van der Waals surface area (Å²) in [6, 6.07) is 15.4. The molecule has 3 aromatic rings. The molecule has 0 atom stereocenters. The maximum absolute atomic E-state index is 12.4. The van der Waals surface area contributed by atoms with Crippen molar-refractivity contribution in [1.82, 2.24) is 4.98 Å². The second-order valence-corrected chi connectivity index (χ2v) is 7.54. The van der Waals surface area contributed by atoms with Gasteiger partial charge in [-0.25, -0.2) is 4.98 Å². The molecule has 2 heterocycles. The van der Waals surface area contributed by atoms with Crippen LogP contribution < -0.4 is 5.32 Å². The summed E-state index contributed by atoms with van der Waals surface area (Å²) < 4.78 is 1.10. The molecule has 1 aliphatic rings. The van der Waals surface area contributed by atoms with Gasteiger partial charge in [-0.2, -0.15) is 0 Å². The molecular formula is C20H12Br2N2O2. The molecule has 1 aliphatic heterocycles. The number of phenolic OH excluding ortho intramolecular Hbond substituents is 1. The molecular weight excluding hydrogens is 460 g/mol. The maximum atomic E-state index is 12.4. The third-order valence-electron chi connectivity index (χ3n) is 4.11. The Morgan fingerprint density at radius 2 is 1.69 bits per heavy atom. The number of aromatic hydroxyl groups is 1. The molecule has 4 rings (SSSR count). The molecule has 0 spiro atoms. The third kappa shape index (κ3) is 3.06. The Balaban J connectivity index is 1.82. The number of rotatable bonds is 2. The Morgan fingerprint density at radius 3 is 2.38 bits per heavy atom. The van der Waals surface area contributed by atoms with Crippen molar-refractivity contribution in [3.8, 4) is 16.9 Å². The molecule has 0 fully saturated rings. The van der Waals surface area contributed by atoms with Gasteiger partial charge in [0.2, 0.25) is 0 Å². The number of anilines is 1. The molecule has 0 radical (unpaired) electrons. The van der Waals surface area contributed by atoms with Gasteiger partial charge in [0.1, 0.15) is 11.6 Å². The van der Waals surface area contributed by atoms with Crippen LogP contribution in [0.2, 0.25) is 0 Å². The van der Waals surface area contributed by atoms with E-state index in [0.717, 1.165) is 22.3 Å². The molecule has 0 saturated heterocycles. The van der Waals surface area contributed by atoms with E-state index in [1.54, 1.807) is 24.4 Å². The number of carbonyl (C=O) groups excluding carboxylic acids is 1. The van der Waals surface area contributed by atoms with E-state index in [9.17, 15) is 9.90 Å². The van der Waals surface area contributed by atoms with Crippen LogP contribution in [0.1, 0.15) is 11.1 Å². The van der Waals surface area contributed by atoms with Gasteiger partial charge in [-0.1, -0.05) is 30.3 Å². The van der Waals surface area contributed by atoms with Gasteiger partial charge in [0, 0.05) is 17.3 Å². The predicted molar refractivity (Wildman–Crippen MR) is 110 cm³/mol. The SMILES string of the molecule is O=C1Nc2ncc(-c3ccccc3)cc2/C1=C\c1cc(Br)c(O)c(Br)c1. The highest BCUT2D eigenvalue weighted by atomic mass is 79.9. The minimum Gasteiger partial charge on any atom is -0.506 e. The van der Waals surface area contributed by atoms with Gasteiger partial charge in [-0.3, -0.25) is 4.79 Å². The monoisotopic (exact) mass is 470 g/mol. The topological polar surface area (TPSA) is 62.2 Å². The number of hydrogen-bond acceptors (Lipinski definition) is 3. The van der Waals surface area contributed by atoms with Gasteiger partial charge < -0.3 is 10.4 Å². The quantitative estimate of drug-likeness (QED) is 0.487. The van der Waals surface area contributed by atoms with Crippen LogP contribution in [0.3, 0.4) is 0 Å². The molecule has 1 amide bonds. The van der Waals surface area contributed by atoms with Crippen LogP contribution in [-0.4, -0.2) is 16.0 Å². The van der Waals surface area contributed by atoms with Crippen LogP contribution in [0, 0.1) is 0 Å². The molecule has 0 bridgehead atoms. The van der Waals surface area contributed by atoms with E-state index < -0.39 is 0 Å². The lowest BCUT2D eigenvalue weighted by Gasteiger charge is -2.05. The second kappa shape index (κ2) is 6.70. The number of aromatic nitrogens is 1. The van der Waals surface area contributed by atoms with Crippen molar-refractivity contribution in [2.45, 2.75) is 0 Å². The number of nitrogens with one attached hydrogen (secondary N) is 1. The molecule has 26 heavy (non-hydrogen) atoms. The molecule has 0 saturated carbocycles. The summed E-state index contributed by atoms with van der Waals surface area (Å²) in [6.07, 6.45) is 3.54. The summed E-state index contributed by atoms with van der Waals surface area (Å²) >= 11 is 6.63. The van der Waals surface area contributed by atoms with E-state index >= 15 is 0 Å². The summed E-state index contributed by atoms with van der Waals surface area (Å²) in [4.78, 5) is 16.8. The number of amides is 1. The molecule has 0 unspecified atom stereocenters. The normalized spacial score (nSPS) is 14.4. The number of fused-ring (bicyclic) bond motifs is 1. The van der Waals surface area contributed by atoms with Crippen LogP contribution in [0.5, 0.6) is 5.75 Å². The van der Waals surface area contributed by atoms with Gasteiger partial charge in [0.25, 0.3) is 5.91 Å². The molecule has 2 aromatic carbocycles. The summed E-state index contributed by atoms with van der Waals surface area (Å²) in [5.74, 6) is 0.479. The van der Waals surface area contributed by atoms with Crippen molar-refractivity contribution >= 4 is 55.2 Å². The van der Waals surface area contributed by atoms with E-state index in [1.807, 2.05) is 36.4 Å². The largest absolute Gasteiger partial charge is 0.506 e. The summed E-state index contributed by atoms with van der Waals surface area (Å²) in [7, 11) is 0. The molecule has 2 N–H and O–H groups in total. The fourth-order valence-electron chi connectivity index (χ4n) is 2.83. The van der Waals surface area contributed by atoms with Crippen molar-refractivity contribution in [1.29, 1.82) is 0 Å². The first-order chi connectivity index (χ1) is 12.5. The lowest BCUT2D eigenvalue weighted by Crippen LogP contribution is -2.04. The van der Waals surface area contributed by atoms with Crippen LogP contribution in [0.4, 0.5) is 5.82 Å². The number of nitrogens with zero attached hydrogens (tertiary/aromatic N) is 1. The Bertz CT molecular complexity index is 1040. The standard InChI is InChI=1S/C20H12Br2N2O2/c21-16-7-11(8-17(22)18(16)25)6-15-14-9-13(12-4-2-1-3-5-12)10-23-19(14)24-20(15)26/h1-10,25H,(H,23,24,26)/b15-6+. The van der Waals surface area contributed by atoms with Gasteiger partial charge in [-0.15, -0.1) is 0 Å². The molecule has 4 nitrogen and oxygen atoms in total. The number of phenols is 1. The van der Waals surface area contributed by atoms with Crippen molar-refractivity contribution < 1.29 is 9.90 Å². The fourth-order valence-corrected chi connectivity index (χ4v) is 4.06. The lowest BCUT2D eigenvalue weighted by molar-refractivity contribution is -0.110. The van der Waals surface area contributed by atoms with E-state index in [0.29, 0.717) is 20.3 Å². The average Bonchev–Trinajstić information content (AvgIpc) is 2.95. The molecule has 1 aromatic heterocycles. The highest BCUT2D eigenvalue weighted by Crippen LogP contribution is 2.37. The van der Waals surface area contributed by atoms with E-state index in [1.165, 1.54) is 0 Å².